The molecule has 0 bridgehead atoms. The van der Waals surface area contributed by atoms with Gasteiger partial charge in [0.2, 0.25) is 11.8 Å². The first-order valence-electron chi connectivity index (χ1n) is 4.40. The van der Waals surface area contributed by atoms with Gasteiger partial charge in [-0.3, -0.25) is 9.59 Å². The maximum atomic E-state index is 11.2. The van der Waals surface area contributed by atoms with Crippen LogP contribution >= 0.6 is 0 Å². The highest BCUT2D eigenvalue weighted by molar-refractivity contribution is 5.99. The van der Waals surface area contributed by atoms with Gasteiger partial charge in [-0.2, -0.15) is 0 Å². The monoisotopic (exact) mass is 204 g/mol. The van der Waals surface area contributed by atoms with E-state index in [9.17, 15) is 9.59 Å². The van der Waals surface area contributed by atoms with E-state index in [1.165, 1.54) is 6.92 Å². The van der Waals surface area contributed by atoms with Crippen molar-refractivity contribution in [2.24, 2.45) is 5.92 Å². The van der Waals surface area contributed by atoms with Crippen LogP contribution in [0.15, 0.2) is 0 Å². The SMILES string of the molecule is CC(C(=O)NCCO)C(=O)NCCO. The van der Waals surface area contributed by atoms with Crippen LogP contribution in [0.4, 0.5) is 0 Å². The summed E-state index contributed by atoms with van der Waals surface area (Å²) in [5.74, 6) is -1.68. The lowest BCUT2D eigenvalue weighted by Gasteiger charge is -2.11. The van der Waals surface area contributed by atoms with Crippen molar-refractivity contribution in [1.29, 1.82) is 0 Å². The first-order chi connectivity index (χ1) is 6.63. The molecule has 0 rings (SSSR count). The molecule has 6 heteroatoms. The molecule has 0 aromatic rings. The van der Waals surface area contributed by atoms with Gasteiger partial charge < -0.3 is 20.8 Å². The molecule has 4 N–H and O–H groups in total. The van der Waals surface area contributed by atoms with Crippen molar-refractivity contribution in [1.82, 2.24) is 10.6 Å². The number of aliphatic hydroxyl groups excluding tert-OH is 2. The van der Waals surface area contributed by atoms with Gasteiger partial charge in [0.25, 0.3) is 0 Å². The van der Waals surface area contributed by atoms with E-state index in [0.29, 0.717) is 0 Å². The molecule has 0 fully saturated rings. The van der Waals surface area contributed by atoms with Gasteiger partial charge in [0.05, 0.1) is 13.2 Å². The van der Waals surface area contributed by atoms with E-state index in [1.54, 1.807) is 0 Å². The Morgan fingerprint density at radius 2 is 1.43 bits per heavy atom. The topological polar surface area (TPSA) is 98.7 Å². The third-order valence-electron chi connectivity index (χ3n) is 1.61. The quantitative estimate of drug-likeness (QED) is 0.370. The minimum absolute atomic E-state index is 0.135. The minimum Gasteiger partial charge on any atom is -0.395 e. The highest BCUT2D eigenvalue weighted by atomic mass is 16.3. The zero-order chi connectivity index (χ0) is 11.0. The van der Waals surface area contributed by atoms with Crippen molar-refractivity contribution in [2.45, 2.75) is 6.92 Å². The van der Waals surface area contributed by atoms with Crippen molar-refractivity contribution in [2.75, 3.05) is 26.3 Å². The molecule has 2 amide bonds. The van der Waals surface area contributed by atoms with Gasteiger partial charge in [0.1, 0.15) is 5.92 Å². The number of amides is 2. The summed E-state index contributed by atoms with van der Waals surface area (Å²) in [6.07, 6.45) is 0. The molecular formula is C8H16N2O4. The number of hydrogen-bond acceptors (Lipinski definition) is 4. The van der Waals surface area contributed by atoms with Crippen LogP contribution in [-0.2, 0) is 9.59 Å². The molecule has 82 valence electrons. The summed E-state index contributed by atoms with van der Waals surface area (Å²) < 4.78 is 0. The summed E-state index contributed by atoms with van der Waals surface area (Å²) in [4.78, 5) is 22.3. The van der Waals surface area contributed by atoms with E-state index in [4.69, 9.17) is 10.2 Å². The fourth-order valence-electron chi connectivity index (χ4n) is 0.783. The Labute approximate surface area is 82.3 Å². The second-order valence-corrected chi connectivity index (χ2v) is 2.75. The normalized spacial score (nSPS) is 10.0. The van der Waals surface area contributed by atoms with Crippen molar-refractivity contribution >= 4 is 11.8 Å². The molecule has 0 spiro atoms. The Bertz CT molecular complexity index is 176. The van der Waals surface area contributed by atoms with Crippen molar-refractivity contribution in [3.8, 4) is 0 Å². The lowest BCUT2D eigenvalue weighted by atomic mass is 10.1. The van der Waals surface area contributed by atoms with Crippen LogP contribution in [0.1, 0.15) is 6.92 Å². The van der Waals surface area contributed by atoms with Gasteiger partial charge in [-0.05, 0) is 6.92 Å². The molecular weight excluding hydrogens is 188 g/mol. The first-order valence-corrected chi connectivity index (χ1v) is 4.40. The van der Waals surface area contributed by atoms with Gasteiger partial charge in [-0.1, -0.05) is 0 Å². The number of carbonyl (C=O) groups is 2. The van der Waals surface area contributed by atoms with Gasteiger partial charge in [0, 0.05) is 13.1 Å². The summed E-state index contributed by atoms with van der Waals surface area (Å²) in [6.45, 7) is 1.42. The predicted molar refractivity (Wildman–Crippen MR) is 49.4 cm³/mol. The van der Waals surface area contributed by atoms with Crippen LogP contribution in [-0.4, -0.2) is 48.3 Å². The average molecular weight is 204 g/mol. The molecule has 14 heavy (non-hydrogen) atoms. The second kappa shape index (κ2) is 7.28. The van der Waals surface area contributed by atoms with E-state index in [2.05, 4.69) is 10.6 Å². The van der Waals surface area contributed by atoms with E-state index in [-0.39, 0.29) is 26.3 Å². The van der Waals surface area contributed by atoms with Gasteiger partial charge in [-0.15, -0.1) is 0 Å². The lowest BCUT2D eigenvalue weighted by molar-refractivity contribution is -0.134. The fourth-order valence-corrected chi connectivity index (χ4v) is 0.783. The van der Waals surface area contributed by atoms with Crippen LogP contribution < -0.4 is 10.6 Å². The maximum absolute atomic E-state index is 11.2. The largest absolute Gasteiger partial charge is 0.395 e. The number of hydrogen-bond donors (Lipinski definition) is 4. The second-order valence-electron chi connectivity index (χ2n) is 2.75. The Kier molecular flexibility index (Phi) is 6.69. The molecule has 0 heterocycles. The summed E-state index contributed by atoms with van der Waals surface area (Å²) in [5.41, 5.74) is 0. The van der Waals surface area contributed by atoms with Crippen molar-refractivity contribution in [3.63, 3.8) is 0 Å². The zero-order valence-electron chi connectivity index (χ0n) is 8.12. The third kappa shape index (κ3) is 4.78. The van der Waals surface area contributed by atoms with Crippen LogP contribution in [0.25, 0.3) is 0 Å². The molecule has 0 aliphatic carbocycles. The molecule has 6 nitrogen and oxygen atoms in total. The van der Waals surface area contributed by atoms with Gasteiger partial charge in [0.15, 0.2) is 0 Å². The molecule has 0 aromatic carbocycles. The van der Waals surface area contributed by atoms with Crippen LogP contribution in [0.3, 0.4) is 0 Å². The van der Waals surface area contributed by atoms with Crippen molar-refractivity contribution < 1.29 is 19.8 Å². The molecule has 0 aliphatic heterocycles. The fraction of sp³-hybridized carbons (Fsp3) is 0.750. The zero-order valence-corrected chi connectivity index (χ0v) is 8.12. The highest BCUT2D eigenvalue weighted by Gasteiger charge is 2.19. The van der Waals surface area contributed by atoms with Crippen LogP contribution in [0.5, 0.6) is 0 Å². The smallest absolute Gasteiger partial charge is 0.232 e. The molecule has 0 aromatic heterocycles. The standard InChI is InChI=1S/C8H16N2O4/c1-6(7(13)9-2-4-11)8(14)10-3-5-12/h6,11-12H,2-5H2,1H3,(H,9,13)(H,10,14). The number of nitrogens with one attached hydrogen (secondary N) is 2. The van der Waals surface area contributed by atoms with Crippen LogP contribution in [0, 0.1) is 5.92 Å². The van der Waals surface area contributed by atoms with E-state index in [0.717, 1.165) is 0 Å². The van der Waals surface area contributed by atoms with E-state index < -0.39 is 17.7 Å². The number of aliphatic hydroxyl groups is 2. The molecule has 0 saturated carbocycles. The maximum Gasteiger partial charge on any atom is 0.232 e. The van der Waals surface area contributed by atoms with Crippen molar-refractivity contribution in [3.05, 3.63) is 0 Å². The minimum atomic E-state index is -0.812. The predicted octanol–water partition coefficient (Wildman–Crippen LogP) is -2.16. The number of rotatable bonds is 6. The lowest BCUT2D eigenvalue weighted by Crippen LogP contribution is -2.41. The molecule has 0 radical (unpaired) electrons. The van der Waals surface area contributed by atoms with E-state index >= 15 is 0 Å². The van der Waals surface area contributed by atoms with Crippen LogP contribution in [0.2, 0.25) is 0 Å². The number of carbonyl (C=O) groups excluding carboxylic acids is 2. The summed E-state index contributed by atoms with van der Waals surface area (Å²) in [7, 11) is 0. The Balaban J connectivity index is 3.85. The first kappa shape index (κ1) is 12.9. The molecule has 0 atom stereocenters. The molecule has 0 aliphatic rings. The summed E-state index contributed by atoms with van der Waals surface area (Å²) in [5, 5.41) is 21.6. The third-order valence-corrected chi connectivity index (χ3v) is 1.61. The highest BCUT2D eigenvalue weighted by Crippen LogP contribution is 1.93. The van der Waals surface area contributed by atoms with Gasteiger partial charge in [-0.25, -0.2) is 0 Å². The molecule has 0 unspecified atom stereocenters. The Morgan fingerprint density at radius 3 is 1.71 bits per heavy atom. The summed E-state index contributed by atoms with van der Waals surface area (Å²) in [6, 6.07) is 0. The van der Waals surface area contributed by atoms with E-state index in [1.807, 2.05) is 0 Å². The Hall–Kier alpha value is -1.14. The van der Waals surface area contributed by atoms with Gasteiger partial charge >= 0.3 is 0 Å². The molecule has 0 saturated heterocycles. The average Bonchev–Trinajstić information content (AvgIpc) is 2.21. The Morgan fingerprint density at radius 1 is 1.07 bits per heavy atom. The summed E-state index contributed by atoms with van der Waals surface area (Å²) >= 11 is 0.